The molecule has 0 bridgehead atoms. The molecule has 0 saturated carbocycles. The summed E-state index contributed by atoms with van der Waals surface area (Å²) in [4.78, 5) is -0.00564. The maximum absolute atomic E-state index is 12.4. The lowest BCUT2D eigenvalue weighted by Gasteiger charge is -2.10. The highest BCUT2D eigenvalue weighted by Gasteiger charge is 2.19. The van der Waals surface area contributed by atoms with Gasteiger partial charge in [0.2, 0.25) is 10.0 Å². The van der Waals surface area contributed by atoms with Crippen LogP contribution in [0.1, 0.15) is 5.56 Å². The smallest absolute Gasteiger partial charge is 0.245 e. The first-order valence-corrected chi connectivity index (χ1v) is 8.78. The highest BCUT2D eigenvalue weighted by molar-refractivity contribution is 7.89. The van der Waals surface area contributed by atoms with Gasteiger partial charge in [-0.25, -0.2) is 8.42 Å². The molecule has 24 heavy (non-hydrogen) atoms. The summed E-state index contributed by atoms with van der Waals surface area (Å²) < 4.78 is 37.4. The quantitative estimate of drug-likeness (QED) is 0.827. The van der Waals surface area contributed by atoms with E-state index >= 15 is 0 Å². The summed E-state index contributed by atoms with van der Waals surface area (Å²) >= 11 is 5.87. The van der Waals surface area contributed by atoms with Gasteiger partial charge in [0.1, 0.15) is 16.4 Å². The van der Waals surface area contributed by atoms with E-state index in [0.717, 1.165) is 0 Å². The number of nitrogens with one attached hydrogen (secondary N) is 1. The number of hydrogen-bond donors (Lipinski definition) is 1. The Morgan fingerprint density at radius 2 is 1.92 bits per heavy atom. The maximum Gasteiger partial charge on any atom is 0.245 e. The van der Waals surface area contributed by atoms with Crippen LogP contribution in [-0.4, -0.2) is 29.2 Å². The third-order valence-electron chi connectivity index (χ3n) is 3.07. The zero-order valence-electron chi connectivity index (χ0n) is 13.2. The van der Waals surface area contributed by atoms with Crippen LogP contribution in [0.25, 0.3) is 0 Å². The number of sulfonamides is 1. The Kier molecular flexibility index (Phi) is 6.10. The molecule has 1 N–H and O–H groups in total. The first kappa shape index (κ1) is 18.1. The minimum atomic E-state index is -3.78. The van der Waals surface area contributed by atoms with Gasteiger partial charge in [-0.1, -0.05) is 29.5 Å². The third-order valence-corrected chi connectivity index (χ3v) is 4.73. The number of benzene rings is 2. The summed E-state index contributed by atoms with van der Waals surface area (Å²) in [5.41, 5.74) is 0.709. The molecule has 0 saturated heterocycles. The molecule has 2 rings (SSSR count). The summed E-state index contributed by atoms with van der Waals surface area (Å²) in [6.07, 6.45) is 0. The van der Waals surface area contributed by atoms with Crippen molar-refractivity contribution in [3.63, 3.8) is 0 Å². The Morgan fingerprint density at radius 1 is 1.12 bits per heavy atom. The second kappa shape index (κ2) is 8.06. The molecule has 2 aromatic rings. The van der Waals surface area contributed by atoms with E-state index in [0.29, 0.717) is 16.3 Å². The topological polar surface area (TPSA) is 64.6 Å². The Hall–Kier alpha value is -2.20. The summed E-state index contributed by atoms with van der Waals surface area (Å²) in [5.74, 6) is 6.24. The largest absolute Gasteiger partial charge is 0.497 e. The van der Waals surface area contributed by atoms with E-state index in [-0.39, 0.29) is 17.2 Å². The van der Waals surface area contributed by atoms with Crippen molar-refractivity contribution < 1.29 is 17.9 Å². The second-order valence-corrected chi connectivity index (χ2v) is 6.83. The maximum atomic E-state index is 12.4. The number of ether oxygens (including phenoxy) is 2. The molecular weight excluding hydrogens is 350 g/mol. The van der Waals surface area contributed by atoms with E-state index in [4.69, 9.17) is 21.1 Å². The fourth-order valence-corrected chi connectivity index (χ4v) is 3.21. The lowest BCUT2D eigenvalue weighted by atomic mass is 10.2. The normalized spacial score (nSPS) is 10.6. The molecule has 0 aliphatic rings. The Morgan fingerprint density at radius 3 is 2.58 bits per heavy atom. The molecule has 0 aliphatic heterocycles. The van der Waals surface area contributed by atoms with Gasteiger partial charge < -0.3 is 9.47 Å². The summed E-state index contributed by atoms with van der Waals surface area (Å²) in [6.45, 7) is -0.0464. The first-order chi connectivity index (χ1) is 11.5. The molecule has 0 fully saturated rings. The monoisotopic (exact) mass is 365 g/mol. The molecule has 7 heteroatoms. The van der Waals surface area contributed by atoms with E-state index in [1.807, 2.05) is 0 Å². The molecule has 0 aliphatic carbocycles. The lowest BCUT2D eigenvalue weighted by Crippen LogP contribution is -2.24. The first-order valence-electron chi connectivity index (χ1n) is 6.92. The molecule has 0 spiro atoms. The van der Waals surface area contributed by atoms with Crippen LogP contribution in [0.3, 0.4) is 0 Å². The van der Waals surface area contributed by atoms with Gasteiger partial charge in [-0.15, -0.1) is 0 Å². The van der Waals surface area contributed by atoms with Crippen molar-refractivity contribution in [3.05, 3.63) is 53.1 Å². The van der Waals surface area contributed by atoms with E-state index in [9.17, 15) is 8.42 Å². The van der Waals surface area contributed by atoms with E-state index < -0.39 is 10.0 Å². The van der Waals surface area contributed by atoms with E-state index in [1.165, 1.54) is 26.4 Å². The second-order valence-electron chi connectivity index (χ2n) is 4.65. The van der Waals surface area contributed by atoms with Gasteiger partial charge in [0.05, 0.1) is 20.8 Å². The number of halogens is 1. The number of rotatable bonds is 5. The Labute approximate surface area is 146 Å². The van der Waals surface area contributed by atoms with Crippen molar-refractivity contribution in [2.75, 3.05) is 20.8 Å². The molecule has 5 nitrogen and oxygen atoms in total. The fourth-order valence-electron chi connectivity index (χ4n) is 1.92. The molecular formula is C17H16ClNO4S. The van der Waals surface area contributed by atoms with Crippen LogP contribution in [-0.2, 0) is 10.0 Å². The van der Waals surface area contributed by atoms with Crippen LogP contribution in [0, 0.1) is 11.8 Å². The van der Waals surface area contributed by atoms with Crippen LogP contribution < -0.4 is 14.2 Å². The summed E-state index contributed by atoms with van der Waals surface area (Å²) in [6, 6.07) is 11.6. The van der Waals surface area contributed by atoms with Crippen LogP contribution in [0.2, 0.25) is 5.02 Å². The highest BCUT2D eigenvalue weighted by atomic mass is 35.5. The highest BCUT2D eigenvalue weighted by Crippen LogP contribution is 2.27. The van der Waals surface area contributed by atoms with Crippen LogP contribution in [0.5, 0.6) is 11.5 Å². The van der Waals surface area contributed by atoms with Crippen LogP contribution >= 0.6 is 11.6 Å². The molecule has 126 valence electrons. The zero-order valence-corrected chi connectivity index (χ0v) is 14.7. The number of hydrogen-bond acceptors (Lipinski definition) is 4. The SMILES string of the molecule is COc1ccc(OC)c(S(=O)(=O)NCC#Cc2cccc(Cl)c2)c1. The minimum absolute atomic E-state index is 0.00564. The third kappa shape index (κ3) is 4.65. The molecule has 0 heterocycles. The Balaban J connectivity index is 2.15. The zero-order chi connectivity index (χ0) is 17.6. The molecule has 0 radical (unpaired) electrons. The van der Waals surface area contributed by atoms with Gasteiger partial charge in [-0.2, -0.15) is 4.72 Å². The van der Waals surface area contributed by atoms with Gasteiger partial charge in [0, 0.05) is 16.7 Å². The van der Waals surface area contributed by atoms with Crippen molar-refractivity contribution in [2.45, 2.75) is 4.90 Å². The van der Waals surface area contributed by atoms with Gasteiger partial charge in [-0.3, -0.25) is 0 Å². The van der Waals surface area contributed by atoms with E-state index in [2.05, 4.69) is 16.6 Å². The predicted octanol–water partition coefficient (Wildman–Crippen LogP) is 2.69. The number of methoxy groups -OCH3 is 2. The fraction of sp³-hybridized carbons (Fsp3) is 0.176. The minimum Gasteiger partial charge on any atom is -0.497 e. The lowest BCUT2D eigenvalue weighted by molar-refractivity contribution is 0.392. The Bertz CT molecular complexity index is 885. The van der Waals surface area contributed by atoms with Crippen molar-refractivity contribution in [2.24, 2.45) is 0 Å². The molecule has 2 aromatic carbocycles. The molecule has 0 amide bonds. The van der Waals surface area contributed by atoms with Gasteiger partial charge in [0.25, 0.3) is 0 Å². The van der Waals surface area contributed by atoms with Crippen molar-refractivity contribution in [3.8, 4) is 23.3 Å². The molecule has 0 atom stereocenters. The summed E-state index contributed by atoms with van der Waals surface area (Å²) in [7, 11) is -0.919. The van der Waals surface area contributed by atoms with Gasteiger partial charge in [0.15, 0.2) is 0 Å². The average Bonchev–Trinajstić information content (AvgIpc) is 2.58. The van der Waals surface area contributed by atoms with Crippen molar-refractivity contribution in [1.82, 2.24) is 4.72 Å². The van der Waals surface area contributed by atoms with Gasteiger partial charge in [-0.05, 0) is 30.3 Å². The summed E-state index contributed by atoms with van der Waals surface area (Å²) in [5, 5.41) is 0.573. The van der Waals surface area contributed by atoms with Crippen molar-refractivity contribution in [1.29, 1.82) is 0 Å². The van der Waals surface area contributed by atoms with Crippen molar-refractivity contribution >= 4 is 21.6 Å². The standard InChI is InChI=1S/C17H16ClNO4S/c1-22-15-8-9-16(23-2)17(12-15)24(20,21)19-10-4-6-13-5-3-7-14(18)11-13/h3,5,7-9,11-12,19H,10H2,1-2H3. The van der Waals surface area contributed by atoms with Gasteiger partial charge >= 0.3 is 0 Å². The molecule has 0 unspecified atom stereocenters. The van der Waals surface area contributed by atoms with E-state index in [1.54, 1.807) is 30.3 Å². The predicted molar refractivity (Wildman–Crippen MR) is 93.1 cm³/mol. The average molecular weight is 366 g/mol. The van der Waals surface area contributed by atoms with Crippen LogP contribution in [0.15, 0.2) is 47.4 Å². The van der Waals surface area contributed by atoms with Crippen LogP contribution in [0.4, 0.5) is 0 Å². The molecule has 0 aromatic heterocycles.